The quantitative estimate of drug-likeness (QED) is 0.216. The van der Waals surface area contributed by atoms with Crippen molar-refractivity contribution in [2.45, 2.75) is 52.4 Å². The SMILES string of the molecule is CCCOCCCc1ccc(OC(=O)Oc2ccc(CCCOCCC)cc2)cc1. The smallest absolute Gasteiger partial charge is 0.395 e. The number of hydrogen-bond acceptors (Lipinski definition) is 5. The normalized spacial score (nSPS) is 10.7. The second-order valence-electron chi connectivity index (χ2n) is 7.17. The van der Waals surface area contributed by atoms with Gasteiger partial charge >= 0.3 is 6.16 Å². The molecule has 0 aliphatic carbocycles. The molecule has 5 heteroatoms. The molecule has 0 saturated carbocycles. The predicted molar refractivity (Wildman–Crippen MR) is 118 cm³/mol. The van der Waals surface area contributed by atoms with Crippen LogP contribution in [0.4, 0.5) is 4.79 Å². The number of benzene rings is 2. The molecule has 30 heavy (non-hydrogen) atoms. The van der Waals surface area contributed by atoms with E-state index in [0.29, 0.717) is 11.5 Å². The Bertz CT molecular complexity index is 648. The molecular formula is C25H34O5. The van der Waals surface area contributed by atoms with Crippen molar-refractivity contribution in [2.24, 2.45) is 0 Å². The van der Waals surface area contributed by atoms with Crippen molar-refractivity contribution in [3.8, 4) is 11.5 Å². The lowest BCUT2D eigenvalue weighted by Crippen LogP contribution is -2.13. The Morgan fingerprint density at radius 1 is 0.633 bits per heavy atom. The molecule has 0 saturated heterocycles. The fourth-order valence-corrected chi connectivity index (χ4v) is 2.91. The molecule has 0 radical (unpaired) electrons. The molecule has 0 N–H and O–H groups in total. The molecule has 0 aliphatic rings. The van der Waals surface area contributed by atoms with Crippen molar-refractivity contribution in [2.75, 3.05) is 26.4 Å². The number of hydrogen-bond donors (Lipinski definition) is 0. The van der Waals surface area contributed by atoms with Gasteiger partial charge in [0, 0.05) is 26.4 Å². The van der Waals surface area contributed by atoms with Crippen LogP contribution in [0.15, 0.2) is 48.5 Å². The van der Waals surface area contributed by atoms with Gasteiger partial charge in [-0.05, 0) is 73.9 Å². The first-order valence-corrected chi connectivity index (χ1v) is 10.9. The fraction of sp³-hybridized carbons (Fsp3) is 0.480. The van der Waals surface area contributed by atoms with E-state index in [1.165, 1.54) is 11.1 Å². The molecular weight excluding hydrogens is 380 g/mol. The van der Waals surface area contributed by atoms with Gasteiger partial charge in [0.2, 0.25) is 0 Å². The Morgan fingerprint density at radius 3 is 1.40 bits per heavy atom. The summed E-state index contributed by atoms with van der Waals surface area (Å²) < 4.78 is 21.5. The van der Waals surface area contributed by atoms with E-state index in [2.05, 4.69) is 13.8 Å². The van der Waals surface area contributed by atoms with Crippen LogP contribution < -0.4 is 9.47 Å². The lowest BCUT2D eigenvalue weighted by molar-refractivity contribution is 0.132. The van der Waals surface area contributed by atoms with E-state index in [1.54, 1.807) is 24.3 Å². The summed E-state index contributed by atoms with van der Waals surface area (Å²) in [4.78, 5) is 12.0. The monoisotopic (exact) mass is 414 g/mol. The molecule has 0 heterocycles. The average Bonchev–Trinajstić information content (AvgIpc) is 2.76. The zero-order chi connectivity index (χ0) is 21.4. The van der Waals surface area contributed by atoms with Crippen molar-refractivity contribution in [1.29, 1.82) is 0 Å². The number of carbonyl (C=O) groups excluding carboxylic acids is 1. The summed E-state index contributed by atoms with van der Waals surface area (Å²) in [6.45, 7) is 7.36. The van der Waals surface area contributed by atoms with E-state index in [1.807, 2.05) is 24.3 Å². The first-order chi connectivity index (χ1) is 14.7. The van der Waals surface area contributed by atoms with Crippen LogP contribution in [0.5, 0.6) is 11.5 Å². The minimum absolute atomic E-state index is 0.467. The third kappa shape index (κ3) is 9.90. The summed E-state index contributed by atoms with van der Waals surface area (Å²) in [5.74, 6) is 0.935. The molecule has 5 nitrogen and oxygen atoms in total. The van der Waals surface area contributed by atoms with Crippen LogP contribution in [0, 0.1) is 0 Å². The fourth-order valence-electron chi connectivity index (χ4n) is 2.91. The van der Waals surface area contributed by atoms with E-state index in [0.717, 1.165) is 65.0 Å². The molecule has 0 atom stereocenters. The second-order valence-corrected chi connectivity index (χ2v) is 7.17. The van der Waals surface area contributed by atoms with Crippen molar-refractivity contribution in [3.05, 3.63) is 59.7 Å². The molecule has 2 aromatic carbocycles. The van der Waals surface area contributed by atoms with Gasteiger partial charge in [-0.2, -0.15) is 0 Å². The Morgan fingerprint density at radius 2 is 1.03 bits per heavy atom. The second kappa shape index (κ2) is 14.6. The number of aryl methyl sites for hydroxylation is 2. The molecule has 0 unspecified atom stereocenters. The van der Waals surface area contributed by atoms with Gasteiger partial charge < -0.3 is 18.9 Å². The summed E-state index contributed by atoms with van der Waals surface area (Å²) in [6.07, 6.45) is 5.17. The first-order valence-electron chi connectivity index (χ1n) is 10.9. The van der Waals surface area contributed by atoms with Crippen LogP contribution in [-0.2, 0) is 22.3 Å². The topological polar surface area (TPSA) is 54.0 Å². The largest absolute Gasteiger partial charge is 0.519 e. The molecule has 0 aromatic heterocycles. The summed E-state index contributed by atoms with van der Waals surface area (Å²) in [6, 6.07) is 15.0. The Hall–Kier alpha value is -2.37. The maximum atomic E-state index is 12.0. The van der Waals surface area contributed by atoms with E-state index in [4.69, 9.17) is 18.9 Å². The van der Waals surface area contributed by atoms with Crippen LogP contribution in [0.3, 0.4) is 0 Å². The first kappa shape index (κ1) is 23.9. The van der Waals surface area contributed by atoms with E-state index < -0.39 is 6.16 Å². The van der Waals surface area contributed by atoms with Gasteiger partial charge in [-0.25, -0.2) is 4.79 Å². The van der Waals surface area contributed by atoms with Gasteiger partial charge in [0.25, 0.3) is 0 Å². The average molecular weight is 415 g/mol. The van der Waals surface area contributed by atoms with Crippen molar-refractivity contribution >= 4 is 6.16 Å². The van der Waals surface area contributed by atoms with E-state index in [9.17, 15) is 4.79 Å². The van der Waals surface area contributed by atoms with Crippen LogP contribution in [0.1, 0.15) is 50.7 Å². The zero-order valence-corrected chi connectivity index (χ0v) is 18.2. The van der Waals surface area contributed by atoms with Gasteiger partial charge in [0.05, 0.1) is 0 Å². The zero-order valence-electron chi connectivity index (χ0n) is 18.2. The third-order valence-electron chi connectivity index (χ3n) is 4.45. The lowest BCUT2D eigenvalue weighted by Gasteiger charge is -2.08. The highest BCUT2D eigenvalue weighted by molar-refractivity contribution is 5.67. The van der Waals surface area contributed by atoms with Crippen LogP contribution >= 0.6 is 0 Å². The molecule has 0 fully saturated rings. The van der Waals surface area contributed by atoms with Crippen LogP contribution in [0.25, 0.3) is 0 Å². The standard InChI is InChI=1S/C25H34O5/c1-3-17-27-19-5-7-21-9-13-23(14-10-21)29-25(26)30-24-15-11-22(12-16-24)8-6-20-28-18-4-2/h9-16H,3-8,17-20H2,1-2H3. The summed E-state index contributed by atoms with van der Waals surface area (Å²) in [5, 5.41) is 0. The Labute approximate surface area is 180 Å². The summed E-state index contributed by atoms with van der Waals surface area (Å²) in [5.41, 5.74) is 2.37. The van der Waals surface area contributed by atoms with Crippen molar-refractivity contribution in [3.63, 3.8) is 0 Å². The molecule has 2 rings (SSSR count). The van der Waals surface area contributed by atoms with E-state index >= 15 is 0 Å². The maximum absolute atomic E-state index is 12.0. The number of rotatable bonds is 14. The molecule has 164 valence electrons. The van der Waals surface area contributed by atoms with Crippen LogP contribution in [-0.4, -0.2) is 32.6 Å². The summed E-state index contributed by atoms with van der Waals surface area (Å²) in [7, 11) is 0. The van der Waals surface area contributed by atoms with Gasteiger partial charge in [0.15, 0.2) is 0 Å². The molecule has 2 aromatic rings. The van der Waals surface area contributed by atoms with E-state index in [-0.39, 0.29) is 0 Å². The van der Waals surface area contributed by atoms with Gasteiger partial charge in [0.1, 0.15) is 11.5 Å². The highest BCUT2D eigenvalue weighted by atomic mass is 16.7. The minimum atomic E-state index is -0.739. The highest BCUT2D eigenvalue weighted by Crippen LogP contribution is 2.17. The van der Waals surface area contributed by atoms with Gasteiger partial charge in [-0.15, -0.1) is 0 Å². The molecule has 0 amide bonds. The maximum Gasteiger partial charge on any atom is 0.519 e. The van der Waals surface area contributed by atoms with Gasteiger partial charge in [-0.3, -0.25) is 0 Å². The molecule has 0 spiro atoms. The number of carbonyl (C=O) groups is 1. The van der Waals surface area contributed by atoms with Gasteiger partial charge in [-0.1, -0.05) is 38.1 Å². The summed E-state index contributed by atoms with van der Waals surface area (Å²) >= 11 is 0. The minimum Gasteiger partial charge on any atom is -0.395 e. The molecule has 0 bridgehead atoms. The Kier molecular flexibility index (Phi) is 11.6. The van der Waals surface area contributed by atoms with Crippen molar-refractivity contribution < 1.29 is 23.7 Å². The molecule has 0 aliphatic heterocycles. The third-order valence-corrected chi connectivity index (χ3v) is 4.45. The number of ether oxygens (including phenoxy) is 4. The highest BCUT2D eigenvalue weighted by Gasteiger charge is 2.08. The van der Waals surface area contributed by atoms with Crippen molar-refractivity contribution in [1.82, 2.24) is 0 Å². The van der Waals surface area contributed by atoms with Crippen LogP contribution in [0.2, 0.25) is 0 Å². The lowest BCUT2D eigenvalue weighted by atomic mass is 10.1. The predicted octanol–water partition coefficient (Wildman–Crippen LogP) is 5.98. The Balaban J connectivity index is 1.69.